The lowest BCUT2D eigenvalue weighted by atomic mass is 10.2. The smallest absolute Gasteiger partial charge is 0.410 e. The second kappa shape index (κ2) is 12.2. The Kier molecular flexibility index (Phi) is 8.77. The number of aromatic nitrogens is 4. The molecule has 40 heavy (non-hydrogen) atoms. The van der Waals surface area contributed by atoms with Gasteiger partial charge in [-0.05, 0) is 65.2 Å². The predicted molar refractivity (Wildman–Crippen MR) is 155 cm³/mol. The predicted octanol–water partition coefficient (Wildman–Crippen LogP) is 4.18. The summed E-state index contributed by atoms with van der Waals surface area (Å²) in [7, 11) is 3.47. The summed E-state index contributed by atoms with van der Waals surface area (Å²) < 4.78 is 7.16. The number of unbranched alkanes of at least 4 members (excludes halogenated alkanes) is 1. The third kappa shape index (κ3) is 7.85. The molecule has 11 heteroatoms. The summed E-state index contributed by atoms with van der Waals surface area (Å²) in [6.07, 6.45) is 6.50. The van der Waals surface area contributed by atoms with Gasteiger partial charge in [0.15, 0.2) is 0 Å². The summed E-state index contributed by atoms with van der Waals surface area (Å²) in [4.78, 5) is 35.1. The largest absolute Gasteiger partial charge is 0.444 e. The molecule has 1 fully saturated rings. The second-order valence-corrected chi connectivity index (χ2v) is 11.0. The van der Waals surface area contributed by atoms with Gasteiger partial charge in [0.05, 0.1) is 23.5 Å². The van der Waals surface area contributed by atoms with Crippen molar-refractivity contribution in [2.45, 2.75) is 71.1 Å². The first kappa shape index (κ1) is 28.7. The number of fused-ring (bicyclic) bond motifs is 1. The molecule has 1 aromatic carbocycles. The van der Waals surface area contributed by atoms with Crippen molar-refractivity contribution >= 4 is 40.4 Å². The van der Waals surface area contributed by atoms with Crippen LogP contribution < -0.4 is 16.0 Å². The van der Waals surface area contributed by atoms with Gasteiger partial charge in [0.25, 0.3) is 0 Å². The number of ether oxygens (including phenoxy) is 1. The summed E-state index contributed by atoms with van der Waals surface area (Å²) in [5, 5.41) is 14.9. The van der Waals surface area contributed by atoms with Crippen LogP contribution in [0.2, 0.25) is 0 Å². The molecule has 0 bridgehead atoms. The van der Waals surface area contributed by atoms with Crippen LogP contribution >= 0.6 is 0 Å². The van der Waals surface area contributed by atoms with E-state index in [1.165, 1.54) is 4.90 Å². The normalized spacial score (nSPS) is 13.7. The number of aryl methyl sites for hydroxylation is 1. The van der Waals surface area contributed by atoms with E-state index in [0.29, 0.717) is 37.2 Å². The third-order valence-electron chi connectivity index (χ3n) is 6.35. The number of hydrogen-bond acceptors (Lipinski definition) is 8. The SMILES string of the molecule is C[C@@H](C(=O)NCCCC#Cc1cnc(Nc2ccc3c(cnn3C)c2)nc1NC1CC1)N(C)C(=O)OC(C)(C)C. The zero-order chi connectivity index (χ0) is 28.9. The molecule has 3 N–H and O–H groups in total. The maximum Gasteiger partial charge on any atom is 0.410 e. The standard InChI is InChI=1S/C29H38N8O3/c1-19(36(5)28(39)40-29(2,3)4)26(38)30-15-9-7-8-10-20-17-31-27(35-25(20)33-22-11-12-22)34-23-13-14-24-21(16-23)18-32-37(24)6/h13-14,16-19,22H,7,9,11-12,15H2,1-6H3,(H,30,38)(H2,31,33,34,35)/t19-/m0/s1. The maximum absolute atomic E-state index is 12.5. The number of rotatable bonds is 9. The molecule has 11 nitrogen and oxygen atoms in total. The van der Waals surface area contributed by atoms with Crippen molar-refractivity contribution < 1.29 is 14.3 Å². The van der Waals surface area contributed by atoms with Crippen LogP contribution in [0.5, 0.6) is 0 Å². The lowest BCUT2D eigenvalue weighted by Gasteiger charge is -2.28. The molecular weight excluding hydrogens is 508 g/mol. The quantitative estimate of drug-likeness (QED) is 0.270. The van der Waals surface area contributed by atoms with E-state index >= 15 is 0 Å². The molecule has 0 unspecified atom stereocenters. The Bertz CT molecular complexity index is 1430. The maximum atomic E-state index is 12.5. The highest BCUT2D eigenvalue weighted by Gasteiger charge is 2.26. The molecular formula is C29H38N8O3. The molecule has 2 amide bonds. The Labute approximate surface area is 235 Å². The molecule has 0 aliphatic heterocycles. The van der Waals surface area contributed by atoms with Crippen LogP contribution in [-0.2, 0) is 16.6 Å². The first-order valence-electron chi connectivity index (χ1n) is 13.5. The van der Waals surface area contributed by atoms with Crippen LogP contribution in [-0.4, -0.2) is 67.9 Å². The van der Waals surface area contributed by atoms with Crippen LogP contribution in [0.1, 0.15) is 58.9 Å². The number of anilines is 3. The molecule has 2 aromatic heterocycles. The van der Waals surface area contributed by atoms with Crippen molar-refractivity contribution in [3.8, 4) is 11.8 Å². The highest BCUT2D eigenvalue weighted by atomic mass is 16.6. The Morgan fingerprint density at radius 2 is 2.02 bits per heavy atom. The van der Waals surface area contributed by atoms with Gasteiger partial charge in [-0.25, -0.2) is 9.78 Å². The van der Waals surface area contributed by atoms with E-state index in [4.69, 9.17) is 4.74 Å². The molecule has 1 saturated carbocycles. The van der Waals surface area contributed by atoms with Crippen molar-refractivity contribution in [2.24, 2.45) is 7.05 Å². The van der Waals surface area contributed by atoms with Crippen molar-refractivity contribution in [3.05, 3.63) is 36.2 Å². The van der Waals surface area contributed by atoms with Crippen molar-refractivity contribution in [1.29, 1.82) is 0 Å². The average Bonchev–Trinajstić information content (AvgIpc) is 3.65. The molecule has 1 aliphatic carbocycles. The zero-order valence-corrected chi connectivity index (χ0v) is 24.0. The Morgan fingerprint density at radius 3 is 2.75 bits per heavy atom. The first-order chi connectivity index (χ1) is 19.0. The second-order valence-electron chi connectivity index (χ2n) is 11.0. The highest BCUT2D eigenvalue weighted by molar-refractivity contribution is 5.85. The van der Waals surface area contributed by atoms with Crippen molar-refractivity contribution in [3.63, 3.8) is 0 Å². The third-order valence-corrected chi connectivity index (χ3v) is 6.35. The minimum absolute atomic E-state index is 0.239. The number of nitrogens with one attached hydrogen (secondary N) is 3. The van der Waals surface area contributed by atoms with E-state index in [1.807, 2.05) is 36.1 Å². The fourth-order valence-electron chi connectivity index (χ4n) is 3.80. The molecule has 1 aliphatic rings. The molecule has 1 atom stereocenters. The Balaban J connectivity index is 1.30. The number of hydrogen-bond donors (Lipinski definition) is 3. The van der Waals surface area contributed by atoms with Crippen LogP contribution in [0.4, 0.5) is 22.2 Å². The fourth-order valence-corrected chi connectivity index (χ4v) is 3.80. The molecule has 4 rings (SSSR count). The number of carbonyl (C=O) groups excluding carboxylic acids is 2. The molecule has 212 valence electrons. The number of carbonyl (C=O) groups is 2. The molecule has 0 saturated heterocycles. The van der Waals surface area contributed by atoms with Crippen LogP contribution in [0.3, 0.4) is 0 Å². The number of amides is 2. The monoisotopic (exact) mass is 546 g/mol. The Hall–Kier alpha value is -4.33. The van der Waals surface area contributed by atoms with E-state index < -0.39 is 17.7 Å². The number of nitrogens with zero attached hydrogens (tertiary/aromatic N) is 5. The van der Waals surface area contributed by atoms with Gasteiger partial charge in [0, 0.05) is 44.2 Å². The summed E-state index contributed by atoms with van der Waals surface area (Å²) in [6, 6.07) is 5.77. The molecule has 0 spiro atoms. The highest BCUT2D eigenvalue weighted by Crippen LogP contribution is 2.27. The van der Waals surface area contributed by atoms with Crippen LogP contribution in [0, 0.1) is 11.8 Å². The van der Waals surface area contributed by atoms with E-state index in [9.17, 15) is 9.59 Å². The van der Waals surface area contributed by atoms with Crippen LogP contribution in [0.25, 0.3) is 10.9 Å². The lowest BCUT2D eigenvalue weighted by Crippen LogP contribution is -2.47. The fraction of sp³-hybridized carbons (Fsp3) is 0.483. The van der Waals surface area contributed by atoms with Gasteiger partial charge < -0.3 is 20.7 Å². The average molecular weight is 547 g/mol. The summed E-state index contributed by atoms with van der Waals surface area (Å²) in [6.45, 7) is 7.49. The topological polar surface area (TPSA) is 126 Å². The Morgan fingerprint density at radius 1 is 1.25 bits per heavy atom. The van der Waals surface area contributed by atoms with E-state index in [-0.39, 0.29) is 5.91 Å². The summed E-state index contributed by atoms with van der Waals surface area (Å²) in [5.74, 6) is 7.30. The van der Waals surface area contributed by atoms with Gasteiger partial charge in [-0.2, -0.15) is 10.1 Å². The van der Waals surface area contributed by atoms with Gasteiger partial charge in [-0.3, -0.25) is 14.4 Å². The minimum Gasteiger partial charge on any atom is -0.444 e. The molecule has 2 heterocycles. The molecule has 3 aromatic rings. The zero-order valence-electron chi connectivity index (χ0n) is 24.0. The number of benzene rings is 1. The van der Waals surface area contributed by atoms with Gasteiger partial charge in [0.1, 0.15) is 17.5 Å². The number of likely N-dealkylation sites (N-methyl/N-ethyl adjacent to an activating group) is 1. The van der Waals surface area contributed by atoms with Crippen molar-refractivity contribution in [1.82, 2.24) is 30.0 Å². The summed E-state index contributed by atoms with van der Waals surface area (Å²) >= 11 is 0. The molecule has 0 radical (unpaired) electrons. The van der Waals surface area contributed by atoms with E-state index in [1.54, 1.807) is 40.9 Å². The van der Waals surface area contributed by atoms with E-state index in [2.05, 4.69) is 42.9 Å². The summed E-state index contributed by atoms with van der Waals surface area (Å²) in [5.41, 5.74) is 2.04. The first-order valence-corrected chi connectivity index (χ1v) is 13.5. The lowest BCUT2D eigenvalue weighted by molar-refractivity contribution is -0.125. The van der Waals surface area contributed by atoms with Gasteiger partial charge in [0.2, 0.25) is 11.9 Å². The van der Waals surface area contributed by atoms with E-state index in [0.717, 1.165) is 35.0 Å². The van der Waals surface area contributed by atoms with Gasteiger partial charge in [-0.15, -0.1) is 0 Å². The van der Waals surface area contributed by atoms with Crippen molar-refractivity contribution in [2.75, 3.05) is 24.2 Å². The minimum atomic E-state index is -0.646. The van der Waals surface area contributed by atoms with Crippen LogP contribution in [0.15, 0.2) is 30.6 Å². The van der Waals surface area contributed by atoms with Gasteiger partial charge in [-0.1, -0.05) is 11.8 Å². The van der Waals surface area contributed by atoms with Gasteiger partial charge >= 0.3 is 6.09 Å².